The number of aromatic nitrogens is 1. The first kappa shape index (κ1) is 13.5. The Labute approximate surface area is 113 Å². The zero-order valence-corrected chi connectivity index (χ0v) is 11.0. The largest absolute Gasteiger partial charge is 0.497 e. The number of hydrogen-bond donors (Lipinski definition) is 1. The Bertz CT molecular complexity index is 512. The van der Waals surface area contributed by atoms with Crippen molar-refractivity contribution < 1.29 is 9.47 Å². The molecule has 1 heterocycles. The molecular formula is C15H18N2O2. The summed E-state index contributed by atoms with van der Waals surface area (Å²) in [4.78, 5) is 4.28. The fraction of sp³-hybridized carbons (Fsp3) is 0.267. The Kier molecular flexibility index (Phi) is 4.89. The predicted molar refractivity (Wildman–Crippen MR) is 73.6 cm³/mol. The van der Waals surface area contributed by atoms with Crippen molar-refractivity contribution in [3.05, 3.63) is 59.4 Å². The van der Waals surface area contributed by atoms with Gasteiger partial charge in [0.2, 0.25) is 0 Å². The summed E-state index contributed by atoms with van der Waals surface area (Å²) in [7, 11) is 1.66. The van der Waals surface area contributed by atoms with E-state index in [2.05, 4.69) is 4.98 Å². The number of methoxy groups -OCH3 is 1. The van der Waals surface area contributed by atoms with Gasteiger partial charge in [-0.15, -0.1) is 0 Å². The molecular weight excluding hydrogens is 240 g/mol. The molecule has 0 saturated heterocycles. The molecule has 19 heavy (non-hydrogen) atoms. The van der Waals surface area contributed by atoms with Gasteiger partial charge in [-0.2, -0.15) is 0 Å². The quantitative estimate of drug-likeness (QED) is 0.863. The van der Waals surface area contributed by atoms with Gasteiger partial charge in [0.15, 0.2) is 0 Å². The van der Waals surface area contributed by atoms with Gasteiger partial charge in [-0.05, 0) is 29.3 Å². The lowest BCUT2D eigenvalue weighted by molar-refractivity contribution is 0.104. The van der Waals surface area contributed by atoms with E-state index in [4.69, 9.17) is 15.2 Å². The highest BCUT2D eigenvalue weighted by atomic mass is 16.5. The molecule has 0 aliphatic heterocycles. The smallest absolute Gasteiger partial charge is 0.119 e. The minimum Gasteiger partial charge on any atom is -0.497 e. The summed E-state index contributed by atoms with van der Waals surface area (Å²) in [6.07, 6.45) is 1.78. The van der Waals surface area contributed by atoms with Crippen LogP contribution in [0.2, 0.25) is 0 Å². The number of nitrogens with zero attached hydrogens (tertiary/aromatic N) is 1. The first-order valence-corrected chi connectivity index (χ1v) is 6.16. The van der Waals surface area contributed by atoms with Crippen LogP contribution in [-0.2, 0) is 24.5 Å². The highest BCUT2D eigenvalue weighted by molar-refractivity contribution is 5.27. The number of hydrogen-bond acceptors (Lipinski definition) is 4. The Morgan fingerprint density at radius 3 is 2.68 bits per heavy atom. The number of rotatable bonds is 6. The molecule has 1 aromatic carbocycles. The molecule has 2 N–H and O–H groups in total. The van der Waals surface area contributed by atoms with Gasteiger partial charge < -0.3 is 15.2 Å². The molecule has 0 fully saturated rings. The summed E-state index contributed by atoms with van der Waals surface area (Å²) in [6.45, 7) is 1.54. The van der Waals surface area contributed by atoms with Crippen molar-refractivity contribution in [3.63, 3.8) is 0 Å². The fourth-order valence-corrected chi connectivity index (χ4v) is 1.70. The van der Waals surface area contributed by atoms with E-state index in [0.717, 1.165) is 22.6 Å². The zero-order valence-electron chi connectivity index (χ0n) is 11.0. The summed E-state index contributed by atoms with van der Waals surface area (Å²) in [5.41, 5.74) is 8.53. The maximum absolute atomic E-state index is 5.63. The van der Waals surface area contributed by atoms with Crippen molar-refractivity contribution in [1.29, 1.82) is 0 Å². The second-order valence-electron chi connectivity index (χ2n) is 4.21. The standard InChI is InChI=1S/C15H18N2O2/c1-18-15-4-2-3-12(7-15)10-19-11-14-6-5-13(8-16)9-17-14/h2-7,9H,8,10-11,16H2,1H3. The van der Waals surface area contributed by atoms with Gasteiger partial charge in [-0.25, -0.2) is 0 Å². The van der Waals surface area contributed by atoms with Crippen LogP contribution in [0.25, 0.3) is 0 Å². The number of benzene rings is 1. The molecule has 0 aliphatic carbocycles. The average molecular weight is 258 g/mol. The molecule has 0 unspecified atom stereocenters. The molecule has 0 spiro atoms. The minimum absolute atomic E-state index is 0.488. The fourth-order valence-electron chi connectivity index (χ4n) is 1.70. The van der Waals surface area contributed by atoms with Crippen LogP contribution >= 0.6 is 0 Å². The van der Waals surface area contributed by atoms with Crippen LogP contribution in [0.1, 0.15) is 16.8 Å². The molecule has 0 atom stereocenters. The molecule has 2 rings (SSSR count). The topological polar surface area (TPSA) is 57.4 Å². The lowest BCUT2D eigenvalue weighted by atomic mass is 10.2. The van der Waals surface area contributed by atoms with Crippen molar-refractivity contribution in [1.82, 2.24) is 4.98 Å². The molecule has 4 nitrogen and oxygen atoms in total. The third kappa shape index (κ3) is 4.05. The number of ether oxygens (including phenoxy) is 2. The maximum Gasteiger partial charge on any atom is 0.119 e. The molecule has 4 heteroatoms. The van der Waals surface area contributed by atoms with Crippen LogP contribution in [0.3, 0.4) is 0 Å². The van der Waals surface area contributed by atoms with E-state index < -0.39 is 0 Å². The van der Waals surface area contributed by atoms with Gasteiger partial charge in [0.25, 0.3) is 0 Å². The molecule has 0 radical (unpaired) electrons. The molecule has 0 amide bonds. The van der Waals surface area contributed by atoms with E-state index in [1.807, 2.05) is 36.4 Å². The molecule has 0 bridgehead atoms. The highest BCUT2D eigenvalue weighted by Gasteiger charge is 1.99. The summed E-state index contributed by atoms with van der Waals surface area (Å²) in [5, 5.41) is 0. The normalized spacial score (nSPS) is 10.4. The van der Waals surface area contributed by atoms with Gasteiger partial charge in [-0.1, -0.05) is 18.2 Å². The van der Waals surface area contributed by atoms with Crippen molar-refractivity contribution in [2.24, 2.45) is 5.73 Å². The summed E-state index contributed by atoms with van der Waals surface area (Å²) >= 11 is 0. The molecule has 2 aromatic rings. The lowest BCUT2D eigenvalue weighted by Gasteiger charge is -2.06. The molecule has 1 aromatic heterocycles. The Morgan fingerprint density at radius 2 is 2.00 bits per heavy atom. The second kappa shape index (κ2) is 6.87. The van der Waals surface area contributed by atoms with Gasteiger partial charge in [-0.3, -0.25) is 4.98 Å². The van der Waals surface area contributed by atoms with Crippen LogP contribution in [0.15, 0.2) is 42.6 Å². The van der Waals surface area contributed by atoms with Gasteiger partial charge in [0.05, 0.1) is 26.0 Å². The SMILES string of the molecule is COc1cccc(COCc2ccc(CN)cn2)c1. The summed E-state index contributed by atoms with van der Waals surface area (Å²) < 4.78 is 10.8. The summed E-state index contributed by atoms with van der Waals surface area (Å²) in [5.74, 6) is 0.839. The van der Waals surface area contributed by atoms with Crippen molar-refractivity contribution in [3.8, 4) is 5.75 Å². The van der Waals surface area contributed by atoms with Crippen molar-refractivity contribution >= 4 is 0 Å². The molecule has 100 valence electrons. The maximum atomic E-state index is 5.63. The minimum atomic E-state index is 0.488. The first-order chi connectivity index (χ1) is 9.31. The van der Waals surface area contributed by atoms with Gasteiger partial charge in [0.1, 0.15) is 5.75 Å². The average Bonchev–Trinajstić information content (AvgIpc) is 2.48. The summed E-state index contributed by atoms with van der Waals surface area (Å²) in [6, 6.07) is 11.7. The van der Waals surface area contributed by atoms with Crippen LogP contribution in [0.4, 0.5) is 0 Å². The van der Waals surface area contributed by atoms with Crippen molar-refractivity contribution in [2.45, 2.75) is 19.8 Å². The van der Waals surface area contributed by atoms with E-state index in [1.165, 1.54) is 0 Å². The van der Waals surface area contributed by atoms with E-state index in [1.54, 1.807) is 13.3 Å². The van der Waals surface area contributed by atoms with E-state index >= 15 is 0 Å². The highest BCUT2D eigenvalue weighted by Crippen LogP contribution is 2.13. The Balaban J connectivity index is 1.85. The Morgan fingerprint density at radius 1 is 1.11 bits per heavy atom. The van der Waals surface area contributed by atoms with Crippen LogP contribution in [0.5, 0.6) is 5.75 Å². The van der Waals surface area contributed by atoms with Crippen molar-refractivity contribution in [2.75, 3.05) is 7.11 Å². The van der Waals surface area contributed by atoms with E-state index in [9.17, 15) is 0 Å². The number of nitrogens with two attached hydrogens (primary N) is 1. The number of pyridine rings is 1. The third-order valence-corrected chi connectivity index (χ3v) is 2.77. The molecule has 0 saturated carbocycles. The first-order valence-electron chi connectivity index (χ1n) is 6.16. The van der Waals surface area contributed by atoms with Crippen LogP contribution in [-0.4, -0.2) is 12.1 Å². The Hall–Kier alpha value is -1.91. The second-order valence-corrected chi connectivity index (χ2v) is 4.21. The lowest BCUT2D eigenvalue weighted by Crippen LogP contribution is -2.00. The van der Waals surface area contributed by atoms with Crippen LogP contribution in [0, 0.1) is 0 Å². The van der Waals surface area contributed by atoms with Gasteiger partial charge in [0, 0.05) is 12.7 Å². The molecule has 0 aliphatic rings. The van der Waals surface area contributed by atoms with E-state index in [0.29, 0.717) is 19.8 Å². The third-order valence-electron chi connectivity index (χ3n) is 2.77. The van der Waals surface area contributed by atoms with E-state index in [-0.39, 0.29) is 0 Å². The zero-order chi connectivity index (χ0) is 13.5. The predicted octanol–water partition coefficient (Wildman–Crippen LogP) is 2.27. The monoisotopic (exact) mass is 258 g/mol. The van der Waals surface area contributed by atoms with Crippen LogP contribution < -0.4 is 10.5 Å². The van der Waals surface area contributed by atoms with Gasteiger partial charge >= 0.3 is 0 Å².